The number of carbonyl (C=O) groups excluding carboxylic acids is 4. The molecule has 2 saturated heterocycles. The number of nitrogens with one attached hydrogen (secondary N) is 2. The molecule has 11 nitrogen and oxygen atoms in total. The fraction of sp³-hybridized carbons (Fsp3) is 0.483. The molecule has 2 aliphatic heterocycles. The van der Waals surface area contributed by atoms with Crippen LogP contribution in [-0.2, 0) is 20.8 Å². The number of aliphatic hydroxyl groups excluding tert-OH is 1. The summed E-state index contributed by atoms with van der Waals surface area (Å²) in [5.41, 5.74) is 0.588. The summed E-state index contributed by atoms with van der Waals surface area (Å²) in [4.78, 5) is 60.2. The van der Waals surface area contributed by atoms with Crippen LogP contribution in [0.2, 0.25) is 0 Å². The Morgan fingerprint density at radius 2 is 1.82 bits per heavy atom. The highest BCUT2D eigenvalue weighted by Crippen LogP contribution is 2.31. The standard InChI is InChI=1S/C29H37N5O6/c1-16(2)22-29(40)34(5)15-33(20(14-19-10-7-6-8-11-19)25(36)17(3)26(37)31-22)28(39)23(18(34)4)32-27(38)24-21(35)12-9-13-30-24/h6-13,16-18,20,22-23,25,36H,14-15H2,1-5H3,(H2-,31,32,35,37,38)/p+1. The van der Waals surface area contributed by atoms with Gasteiger partial charge in [-0.05, 0) is 37.0 Å². The van der Waals surface area contributed by atoms with Gasteiger partial charge in [0.2, 0.25) is 5.91 Å². The third-order valence-electron chi connectivity index (χ3n) is 8.41. The van der Waals surface area contributed by atoms with Gasteiger partial charge in [-0.2, -0.15) is 0 Å². The maximum absolute atomic E-state index is 14.2. The Kier molecular flexibility index (Phi) is 8.27. The van der Waals surface area contributed by atoms with E-state index in [1.807, 2.05) is 44.2 Å². The summed E-state index contributed by atoms with van der Waals surface area (Å²) in [6, 6.07) is 8.40. The molecule has 4 N–H and O–H groups in total. The van der Waals surface area contributed by atoms with Crippen LogP contribution < -0.4 is 10.6 Å². The number of pyridine rings is 1. The second-order valence-corrected chi connectivity index (χ2v) is 11.4. The van der Waals surface area contributed by atoms with E-state index in [1.54, 1.807) is 20.9 Å². The van der Waals surface area contributed by atoms with Gasteiger partial charge in [0.05, 0.1) is 25.1 Å². The molecule has 4 rings (SSSR count). The van der Waals surface area contributed by atoms with Gasteiger partial charge in [0.25, 0.3) is 11.8 Å². The van der Waals surface area contributed by atoms with Gasteiger partial charge >= 0.3 is 5.91 Å². The molecule has 2 fully saturated rings. The van der Waals surface area contributed by atoms with Crippen molar-refractivity contribution in [2.24, 2.45) is 11.8 Å². The number of likely N-dealkylation sites (N-methyl/N-ethyl adjacent to an activating group) is 1. The number of hydrogen-bond acceptors (Lipinski definition) is 7. The maximum atomic E-state index is 14.2. The summed E-state index contributed by atoms with van der Waals surface area (Å²) in [7, 11) is 1.68. The van der Waals surface area contributed by atoms with Gasteiger partial charge in [-0.1, -0.05) is 51.1 Å². The van der Waals surface area contributed by atoms with Crippen molar-refractivity contribution >= 4 is 23.6 Å². The zero-order valence-corrected chi connectivity index (χ0v) is 23.4. The molecule has 2 aromatic rings. The third-order valence-corrected chi connectivity index (χ3v) is 8.41. The monoisotopic (exact) mass is 552 g/mol. The van der Waals surface area contributed by atoms with Crippen LogP contribution in [0.4, 0.5) is 0 Å². The first kappa shape index (κ1) is 29.2. The molecule has 0 aliphatic carbocycles. The van der Waals surface area contributed by atoms with E-state index < -0.39 is 53.9 Å². The highest BCUT2D eigenvalue weighted by molar-refractivity contribution is 5.98. The van der Waals surface area contributed by atoms with Crippen molar-refractivity contribution < 1.29 is 33.9 Å². The van der Waals surface area contributed by atoms with Crippen molar-refractivity contribution in [2.75, 3.05) is 13.7 Å². The molecule has 214 valence electrons. The number of benzene rings is 1. The van der Waals surface area contributed by atoms with Gasteiger partial charge in [-0.15, -0.1) is 0 Å². The Hall–Kier alpha value is -3.83. The molecular formula is C29H38N5O6+. The van der Waals surface area contributed by atoms with E-state index in [9.17, 15) is 29.4 Å². The Balaban J connectivity index is 1.83. The minimum absolute atomic E-state index is 0.0551. The van der Waals surface area contributed by atoms with E-state index in [0.717, 1.165) is 5.56 Å². The predicted octanol–water partition coefficient (Wildman–Crippen LogP) is 0.810. The fourth-order valence-corrected chi connectivity index (χ4v) is 5.61. The van der Waals surface area contributed by atoms with Crippen molar-refractivity contribution in [3.63, 3.8) is 0 Å². The lowest BCUT2D eigenvalue weighted by molar-refractivity contribution is -0.873. The first-order valence-corrected chi connectivity index (χ1v) is 13.5. The number of rotatable bonds is 5. The molecule has 2 aliphatic rings. The molecule has 0 saturated carbocycles. The molecule has 7 atom stereocenters. The van der Waals surface area contributed by atoms with Crippen LogP contribution in [0.25, 0.3) is 0 Å². The molecule has 40 heavy (non-hydrogen) atoms. The van der Waals surface area contributed by atoms with Gasteiger partial charge in [0.15, 0.2) is 18.4 Å². The first-order valence-electron chi connectivity index (χ1n) is 13.5. The smallest absolute Gasteiger partial charge is 0.337 e. The molecule has 0 spiro atoms. The number of aromatic nitrogens is 1. The SMILES string of the molecule is CC(C)C1NC(=O)C(C)C(O)C(Cc2ccccc2)N2C[N+](C)(C1=O)C(C)C(NC(=O)c1ncccc1O)C2=O. The van der Waals surface area contributed by atoms with Crippen LogP contribution in [-0.4, -0.2) is 92.2 Å². The maximum Gasteiger partial charge on any atom is 0.337 e. The average molecular weight is 553 g/mol. The van der Waals surface area contributed by atoms with Crippen LogP contribution in [0.5, 0.6) is 5.75 Å². The number of aliphatic hydroxyl groups is 1. The second kappa shape index (κ2) is 11.3. The Morgan fingerprint density at radius 3 is 2.45 bits per heavy atom. The summed E-state index contributed by atoms with van der Waals surface area (Å²) in [6.07, 6.45) is 0.318. The van der Waals surface area contributed by atoms with Gasteiger partial charge in [-0.3, -0.25) is 19.3 Å². The van der Waals surface area contributed by atoms with E-state index in [0.29, 0.717) is 0 Å². The quantitative estimate of drug-likeness (QED) is 0.401. The Morgan fingerprint density at radius 1 is 1.15 bits per heavy atom. The number of carbonyl (C=O) groups is 4. The topological polar surface area (TPSA) is 149 Å². The largest absolute Gasteiger partial charge is 0.505 e. The van der Waals surface area contributed by atoms with Crippen LogP contribution in [0.15, 0.2) is 48.7 Å². The summed E-state index contributed by atoms with van der Waals surface area (Å²) in [5, 5.41) is 27.3. The summed E-state index contributed by atoms with van der Waals surface area (Å²) >= 11 is 0. The Labute approximate surface area is 233 Å². The normalized spacial score (nSPS) is 31.1. The highest BCUT2D eigenvalue weighted by Gasteiger charge is 2.57. The zero-order valence-electron chi connectivity index (χ0n) is 23.4. The lowest BCUT2D eigenvalue weighted by Gasteiger charge is -2.52. The molecule has 4 amide bonds. The van der Waals surface area contributed by atoms with E-state index in [1.165, 1.54) is 23.2 Å². The highest BCUT2D eigenvalue weighted by atomic mass is 16.3. The first-order chi connectivity index (χ1) is 18.9. The molecule has 2 bridgehead atoms. The van der Waals surface area contributed by atoms with Crippen molar-refractivity contribution in [1.82, 2.24) is 20.5 Å². The number of aromatic hydroxyl groups is 1. The van der Waals surface area contributed by atoms with Crippen LogP contribution >= 0.6 is 0 Å². The summed E-state index contributed by atoms with van der Waals surface area (Å²) < 4.78 is -0.305. The van der Waals surface area contributed by atoms with Crippen molar-refractivity contribution in [1.29, 1.82) is 0 Å². The minimum atomic E-state index is -1.26. The van der Waals surface area contributed by atoms with Gasteiger partial charge in [0, 0.05) is 6.20 Å². The van der Waals surface area contributed by atoms with E-state index in [-0.39, 0.29) is 40.8 Å². The average Bonchev–Trinajstić information content (AvgIpc) is 2.93. The molecule has 1 aromatic carbocycles. The third kappa shape index (κ3) is 5.31. The molecule has 7 unspecified atom stereocenters. The van der Waals surface area contributed by atoms with E-state index in [2.05, 4.69) is 15.6 Å². The zero-order chi connectivity index (χ0) is 29.4. The molecular weight excluding hydrogens is 514 g/mol. The van der Waals surface area contributed by atoms with Crippen molar-refractivity contribution in [3.05, 3.63) is 59.9 Å². The summed E-state index contributed by atoms with van der Waals surface area (Å²) in [5.74, 6) is -3.58. The second-order valence-electron chi connectivity index (χ2n) is 11.4. The Bertz CT molecular complexity index is 1290. The minimum Gasteiger partial charge on any atom is -0.505 e. The number of amides is 4. The number of quaternary nitrogens is 1. The van der Waals surface area contributed by atoms with Gasteiger partial charge < -0.3 is 20.8 Å². The van der Waals surface area contributed by atoms with E-state index >= 15 is 0 Å². The van der Waals surface area contributed by atoms with Gasteiger partial charge in [0.1, 0.15) is 17.8 Å². The summed E-state index contributed by atoms with van der Waals surface area (Å²) in [6.45, 7) is 6.87. The van der Waals surface area contributed by atoms with Crippen LogP contribution in [0, 0.1) is 11.8 Å². The predicted molar refractivity (Wildman–Crippen MR) is 145 cm³/mol. The lowest BCUT2D eigenvalue weighted by Crippen LogP contribution is -2.79. The van der Waals surface area contributed by atoms with E-state index in [4.69, 9.17) is 0 Å². The number of hydrogen-bond donors (Lipinski definition) is 4. The molecule has 0 radical (unpaired) electrons. The number of nitrogens with zero attached hydrogens (tertiary/aromatic N) is 3. The molecule has 11 heteroatoms. The van der Waals surface area contributed by atoms with Crippen LogP contribution in [0.1, 0.15) is 43.7 Å². The number of fused-ring (bicyclic) bond motifs is 2. The fourth-order valence-electron chi connectivity index (χ4n) is 5.61. The van der Waals surface area contributed by atoms with Gasteiger partial charge in [-0.25, -0.2) is 14.3 Å². The molecule has 3 heterocycles. The van der Waals surface area contributed by atoms with Crippen molar-refractivity contribution in [2.45, 2.75) is 64.4 Å². The van der Waals surface area contributed by atoms with Crippen LogP contribution in [0.3, 0.4) is 0 Å². The van der Waals surface area contributed by atoms with Crippen molar-refractivity contribution in [3.8, 4) is 5.75 Å². The lowest BCUT2D eigenvalue weighted by atomic mass is 9.87. The molecule has 1 aromatic heterocycles.